The first-order valence-electron chi connectivity index (χ1n) is 10.2. The number of hydrogen-bond acceptors (Lipinski definition) is 7. The molecule has 0 radical (unpaired) electrons. The third-order valence-corrected chi connectivity index (χ3v) is 5.94. The monoisotopic (exact) mass is 480 g/mol. The van der Waals surface area contributed by atoms with Crippen molar-refractivity contribution in [3.63, 3.8) is 0 Å². The first-order chi connectivity index (χ1) is 16.2. The van der Waals surface area contributed by atoms with Gasteiger partial charge in [0, 0.05) is 29.7 Å². The largest absolute Gasteiger partial charge is 0.496 e. The maximum absolute atomic E-state index is 13.0. The fraction of sp³-hybridized carbons (Fsp3) is 0.174. The lowest BCUT2D eigenvalue weighted by atomic mass is 10.1. The SMILES string of the molecule is COc1ccccc1CCNC(=O)c1nnn(-c2ccc(Cl)cc2)c1CSc1ncccn1. The van der Waals surface area contributed by atoms with Crippen LogP contribution in [-0.2, 0) is 12.2 Å². The van der Waals surface area contributed by atoms with Gasteiger partial charge in [0.2, 0.25) is 0 Å². The lowest BCUT2D eigenvalue weighted by molar-refractivity contribution is 0.0948. The van der Waals surface area contributed by atoms with Crippen molar-refractivity contribution in [2.24, 2.45) is 0 Å². The van der Waals surface area contributed by atoms with Crippen LogP contribution in [0.4, 0.5) is 0 Å². The lowest BCUT2D eigenvalue weighted by Crippen LogP contribution is -2.27. The molecule has 0 aliphatic heterocycles. The van der Waals surface area contributed by atoms with E-state index in [4.69, 9.17) is 16.3 Å². The van der Waals surface area contributed by atoms with Gasteiger partial charge in [-0.3, -0.25) is 4.79 Å². The zero-order chi connectivity index (χ0) is 23.0. The predicted molar refractivity (Wildman–Crippen MR) is 127 cm³/mol. The highest BCUT2D eigenvalue weighted by Crippen LogP contribution is 2.23. The van der Waals surface area contributed by atoms with Crippen LogP contribution in [0.25, 0.3) is 5.69 Å². The van der Waals surface area contributed by atoms with Gasteiger partial charge in [0.15, 0.2) is 10.9 Å². The van der Waals surface area contributed by atoms with Crippen LogP contribution in [0.2, 0.25) is 5.02 Å². The molecule has 0 spiro atoms. The molecule has 10 heteroatoms. The molecule has 33 heavy (non-hydrogen) atoms. The van der Waals surface area contributed by atoms with Crippen molar-refractivity contribution in [2.75, 3.05) is 13.7 Å². The molecular formula is C23H21ClN6O2S. The van der Waals surface area contributed by atoms with E-state index in [1.165, 1.54) is 11.8 Å². The van der Waals surface area contributed by atoms with E-state index in [-0.39, 0.29) is 11.6 Å². The average molecular weight is 481 g/mol. The molecule has 8 nitrogen and oxygen atoms in total. The van der Waals surface area contributed by atoms with Gasteiger partial charge in [-0.15, -0.1) is 5.10 Å². The molecule has 0 saturated heterocycles. The zero-order valence-electron chi connectivity index (χ0n) is 17.8. The summed E-state index contributed by atoms with van der Waals surface area (Å²) in [6.07, 6.45) is 3.98. The van der Waals surface area contributed by atoms with Gasteiger partial charge in [0.05, 0.1) is 18.5 Å². The summed E-state index contributed by atoms with van der Waals surface area (Å²) >= 11 is 7.43. The van der Waals surface area contributed by atoms with E-state index in [1.54, 1.807) is 42.4 Å². The van der Waals surface area contributed by atoms with Crippen LogP contribution in [0.3, 0.4) is 0 Å². The number of methoxy groups -OCH3 is 1. The second-order valence-corrected chi connectivity index (χ2v) is 8.29. The van der Waals surface area contributed by atoms with Crippen molar-refractivity contribution >= 4 is 29.3 Å². The maximum Gasteiger partial charge on any atom is 0.273 e. The van der Waals surface area contributed by atoms with Crippen LogP contribution >= 0.6 is 23.4 Å². The molecule has 0 fully saturated rings. The van der Waals surface area contributed by atoms with E-state index in [1.807, 2.05) is 36.4 Å². The van der Waals surface area contributed by atoms with E-state index in [0.717, 1.165) is 17.0 Å². The Morgan fingerprint density at radius 3 is 2.61 bits per heavy atom. The Hall–Kier alpha value is -3.43. The van der Waals surface area contributed by atoms with E-state index < -0.39 is 0 Å². The standard InChI is InChI=1S/C23H21ClN6O2S/c1-32-20-6-3-2-5-16(20)11-14-25-22(31)21-19(15-33-23-26-12-4-13-27-23)30(29-28-21)18-9-7-17(24)8-10-18/h2-10,12-13H,11,14-15H2,1H3,(H,25,31). The molecule has 2 aromatic carbocycles. The molecule has 1 amide bonds. The van der Waals surface area contributed by atoms with Crippen LogP contribution in [0.1, 0.15) is 21.7 Å². The van der Waals surface area contributed by atoms with Crippen molar-refractivity contribution in [2.45, 2.75) is 17.3 Å². The number of rotatable bonds is 9. The van der Waals surface area contributed by atoms with Crippen LogP contribution < -0.4 is 10.1 Å². The van der Waals surface area contributed by atoms with Crippen molar-refractivity contribution in [3.05, 3.63) is 89.0 Å². The van der Waals surface area contributed by atoms with Crippen molar-refractivity contribution < 1.29 is 9.53 Å². The number of aromatic nitrogens is 5. The number of amides is 1. The third kappa shape index (κ3) is 5.68. The summed E-state index contributed by atoms with van der Waals surface area (Å²) in [6.45, 7) is 0.432. The maximum atomic E-state index is 13.0. The van der Waals surface area contributed by atoms with Gasteiger partial charge in [-0.05, 0) is 48.4 Å². The Kier molecular flexibility index (Phi) is 7.54. The number of benzene rings is 2. The van der Waals surface area contributed by atoms with Crippen LogP contribution in [0.15, 0.2) is 72.1 Å². The van der Waals surface area contributed by atoms with Gasteiger partial charge in [-0.2, -0.15) is 0 Å². The Bertz CT molecular complexity index is 1220. The predicted octanol–water partition coefficient (Wildman–Crippen LogP) is 3.98. The Morgan fingerprint density at radius 2 is 1.85 bits per heavy atom. The molecule has 1 N–H and O–H groups in total. The molecule has 168 valence electrons. The number of thioether (sulfide) groups is 1. The van der Waals surface area contributed by atoms with Gasteiger partial charge >= 0.3 is 0 Å². The topological polar surface area (TPSA) is 94.8 Å². The van der Waals surface area contributed by atoms with E-state index in [9.17, 15) is 4.79 Å². The molecule has 2 heterocycles. The molecule has 0 bridgehead atoms. The molecule has 0 saturated carbocycles. The number of ether oxygens (including phenoxy) is 1. The summed E-state index contributed by atoms with van der Waals surface area (Å²) in [5.74, 6) is 0.907. The lowest BCUT2D eigenvalue weighted by Gasteiger charge is -2.10. The van der Waals surface area contributed by atoms with Crippen LogP contribution in [0, 0.1) is 0 Å². The van der Waals surface area contributed by atoms with Crippen molar-refractivity contribution in [1.29, 1.82) is 0 Å². The number of para-hydroxylation sites is 1. The molecule has 2 aromatic heterocycles. The third-order valence-electron chi connectivity index (χ3n) is 4.80. The highest BCUT2D eigenvalue weighted by atomic mass is 35.5. The Balaban J connectivity index is 1.53. The summed E-state index contributed by atoms with van der Waals surface area (Å²) in [4.78, 5) is 21.5. The molecule has 0 aliphatic rings. The van der Waals surface area contributed by atoms with Gasteiger partial charge in [-0.1, -0.05) is 46.8 Å². The molecule has 4 rings (SSSR count). The number of nitrogens with one attached hydrogen (secondary N) is 1. The van der Waals surface area contributed by atoms with Crippen LogP contribution in [0.5, 0.6) is 5.75 Å². The molecule has 0 atom stereocenters. The number of hydrogen-bond donors (Lipinski definition) is 1. The summed E-state index contributed by atoms with van der Waals surface area (Å²) in [6, 6.07) is 16.7. The summed E-state index contributed by atoms with van der Waals surface area (Å²) in [5.41, 5.74) is 2.67. The second-order valence-electron chi connectivity index (χ2n) is 6.91. The number of nitrogens with zero attached hydrogens (tertiary/aromatic N) is 5. The zero-order valence-corrected chi connectivity index (χ0v) is 19.4. The number of halogens is 1. The highest BCUT2D eigenvalue weighted by Gasteiger charge is 2.21. The minimum absolute atomic E-state index is 0.258. The first kappa shape index (κ1) is 22.8. The van der Waals surface area contributed by atoms with Gasteiger partial charge in [-0.25, -0.2) is 14.6 Å². The Labute approximate surface area is 200 Å². The van der Waals surface area contributed by atoms with E-state index >= 15 is 0 Å². The van der Waals surface area contributed by atoms with Crippen molar-refractivity contribution in [1.82, 2.24) is 30.3 Å². The molecule has 0 unspecified atom stereocenters. The van der Waals surface area contributed by atoms with Crippen molar-refractivity contribution in [3.8, 4) is 11.4 Å². The second kappa shape index (κ2) is 10.9. The van der Waals surface area contributed by atoms with Crippen LogP contribution in [-0.4, -0.2) is 44.5 Å². The fourth-order valence-corrected chi connectivity index (χ4v) is 4.12. The number of carbonyl (C=O) groups is 1. The molecule has 4 aromatic rings. The summed E-state index contributed by atoms with van der Waals surface area (Å²) < 4.78 is 7.02. The smallest absolute Gasteiger partial charge is 0.273 e. The van der Waals surface area contributed by atoms with E-state index in [2.05, 4.69) is 25.6 Å². The number of carbonyl (C=O) groups excluding carboxylic acids is 1. The summed E-state index contributed by atoms with van der Waals surface area (Å²) in [5, 5.41) is 12.6. The van der Waals surface area contributed by atoms with Gasteiger partial charge in [0.25, 0.3) is 5.91 Å². The minimum atomic E-state index is -0.297. The first-order valence-corrected chi connectivity index (χ1v) is 11.5. The van der Waals surface area contributed by atoms with Gasteiger partial charge < -0.3 is 10.1 Å². The molecule has 0 aliphatic carbocycles. The fourth-order valence-electron chi connectivity index (χ4n) is 3.19. The highest BCUT2D eigenvalue weighted by molar-refractivity contribution is 7.98. The van der Waals surface area contributed by atoms with E-state index in [0.29, 0.717) is 34.6 Å². The Morgan fingerprint density at radius 1 is 1.09 bits per heavy atom. The molecular weight excluding hydrogens is 460 g/mol. The normalized spacial score (nSPS) is 10.7. The van der Waals surface area contributed by atoms with Gasteiger partial charge in [0.1, 0.15) is 5.75 Å². The summed E-state index contributed by atoms with van der Waals surface area (Å²) in [7, 11) is 1.63. The average Bonchev–Trinajstić information content (AvgIpc) is 3.28. The quantitative estimate of drug-likeness (QED) is 0.286. The minimum Gasteiger partial charge on any atom is -0.496 e.